The molecule has 1 aliphatic rings. The largest absolute Gasteiger partial charge is 0.494 e. The van der Waals surface area contributed by atoms with Gasteiger partial charge in [0, 0.05) is 12.8 Å². The molecule has 2 rings (SSSR count). The molecule has 1 saturated heterocycles. The van der Waals surface area contributed by atoms with Gasteiger partial charge >= 0.3 is 13.1 Å². The van der Waals surface area contributed by atoms with Crippen LogP contribution in [0.15, 0.2) is 24.3 Å². The van der Waals surface area contributed by atoms with Gasteiger partial charge in [-0.05, 0) is 64.6 Å². The summed E-state index contributed by atoms with van der Waals surface area (Å²) in [4.78, 5) is 21.9. The number of ketones is 1. The van der Waals surface area contributed by atoms with Crippen LogP contribution in [0.4, 0.5) is 0 Å². The van der Waals surface area contributed by atoms with Gasteiger partial charge in [-0.1, -0.05) is 12.1 Å². The van der Waals surface area contributed by atoms with Crippen LogP contribution in [-0.2, 0) is 18.9 Å². The Bertz CT molecular complexity index is 652. The van der Waals surface area contributed by atoms with Crippen molar-refractivity contribution in [2.75, 3.05) is 6.61 Å². The number of hydrogen-bond donors (Lipinski definition) is 1. The summed E-state index contributed by atoms with van der Waals surface area (Å²) >= 11 is 0. The standard InChI is InChI=1S/C21H31BO6/c1-20(2)21(3,4)28-22(27-20)16-9-12-18(13-10-16)26-15-7-5-6-8-17(23)11-14-19(24)25/h9-10,12-13H,5-8,11,14-15H2,1-4H3,(H,24,25). The molecule has 0 saturated carbocycles. The molecule has 1 fully saturated rings. The highest BCUT2D eigenvalue weighted by molar-refractivity contribution is 6.62. The number of aliphatic carboxylic acids is 1. The summed E-state index contributed by atoms with van der Waals surface area (Å²) in [7, 11) is -0.377. The normalized spacial score (nSPS) is 17.5. The van der Waals surface area contributed by atoms with Crippen molar-refractivity contribution in [3.05, 3.63) is 24.3 Å². The molecule has 154 valence electrons. The van der Waals surface area contributed by atoms with E-state index >= 15 is 0 Å². The average molecular weight is 390 g/mol. The third-order valence-electron chi connectivity index (χ3n) is 5.39. The smallest absolute Gasteiger partial charge is 0.494 e. The van der Waals surface area contributed by atoms with Crippen LogP contribution in [0.3, 0.4) is 0 Å². The Labute approximate surface area is 167 Å². The highest BCUT2D eigenvalue weighted by atomic mass is 16.7. The summed E-state index contributed by atoms with van der Waals surface area (Å²) in [6, 6.07) is 7.74. The second kappa shape index (κ2) is 9.57. The van der Waals surface area contributed by atoms with Crippen LogP contribution in [0, 0.1) is 0 Å². The highest BCUT2D eigenvalue weighted by Crippen LogP contribution is 2.36. The molecule has 6 nitrogen and oxygen atoms in total. The van der Waals surface area contributed by atoms with Crippen molar-refractivity contribution in [2.24, 2.45) is 0 Å². The number of carboxylic acid groups (broad SMARTS) is 1. The molecule has 0 aromatic heterocycles. The van der Waals surface area contributed by atoms with Crippen molar-refractivity contribution in [3.8, 4) is 5.75 Å². The number of unbranched alkanes of at least 4 members (excludes halogenated alkanes) is 2. The van der Waals surface area contributed by atoms with Gasteiger partial charge in [-0.25, -0.2) is 0 Å². The third-order valence-corrected chi connectivity index (χ3v) is 5.39. The second-order valence-electron chi connectivity index (χ2n) is 8.25. The number of carboxylic acids is 1. The van der Waals surface area contributed by atoms with Gasteiger partial charge in [0.05, 0.1) is 24.2 Å². The maximum atomic E-state index is 11.5. The van der Waals surface area contributed by atoms with E-state index in [0.29, 0.717) is 13.0 Å². The molecule has 7 heteroatoms. The number of ether oxygens (including phenoxy) is 1. The van der Waals surface area contributed by atoms with Crippen molar-refractivity contribution in [3.63, 3.8) is 0 Å². The summed E-state index contributed by atoms with van der Waals surface area (Å²) in [5, 5.41) is 8.55. The van der Waals surface area contributed by atoms with E-state index in [1.165, 1.54) is 0 Å². The predicted octanol–water partition coefficient (Wildman–Crippen LogP) is 3.36. The van der Waals surface area contributed by atoms with E-state index < -0.39 is 5.97 Å². The molecule has 1 aromatic carbocycles. The molecule has 1 aromatic rings. The molecule has 0 aliphatic carbocycles. The van der Waals surface area contributed by atoms with Gasteiger partial charge in [-0.2, -0.15) is 0 Å². The summed E-state index contributed by atoms with van der Waals surface area (Å²) in [6.07, 6.45) is 2.99. The van der Waals surface area contributed by atoms with Gasteiger partial charge in [-0.3, -0.25) is 9.59 Å². The van der Waals surface area contributed by atoms with Crippen LogP contribution >= 0.6 is 0 Å². The number of carbonyl (C=O) groups is 2. The summed E-state index contributed by atoms with van der Waals surface area (Å²) < 4.78 is 17.8. The lowest BCUT2D eigenvalue weighted by Crippen LogP contribution is -2.41. The fraction of sp³-hybridized carbons (Fsp3) is 0.619. The molecule has 28 heavy (non-hydrogen) atoms. The van der Waals surface area contributed by atoms with Crippen molar-refractivity contribution >= 4 is 24.3 Å². The first-order valence-corrected chi connectivity index (χ1v) is 9.93. The predicted molar refractivity (Wildman–Crippen MR) is 108 cm³/mol. The van der Waals surface area contributed by atoms with E-state index in [1.807, 2.05) is 52.0 Å². The maximum Gasteiger partial charge on any atom is 0.494 e. The van der Waals surface area contributed by atoms with Crippen LogP contribution in [0.2, 0.25) is 0 Å². The number of rotatable bonds is 11. The van der Waals surface area contributed by atoms with Crippen LogP contribution in [0.1, 0.15) is 66.2 Å². The molecular weight excluding hydrogens is 359 g/mol. The van der Waals surface area contributed by atoms with Crippen LogP contribution < -0.4 is 10.2 Å². The third kappa shape index (κ3) is 6.35. The molecule has 0 spiro atoms. The van der Waals surface area contributed by atoms with E-state index in [2.05, 4.69) is 0 Å². The Hall–Kier alpha value is -1.86. The molecule has 0 radical (unpaired) electrons. The van der Waals surface area contributed by atoms with E-state index in [0.717, 1.165) is 30.5 Å². The first-order chi connectivity index (χ1) is 13.1. The van der Waals surface area contributed by atoms with E-state index in [9.17, 15) is 9.59 Å². The average Bonchev–Trinajstić information content (AvgIpc) is 2.84. The van der Waals surface area contributed by atoms with E-state index in [-0.39, 0.29) is 36.9 Å². The Morgan fingerprint density at radius 1 is 0.929 bits per heavy atom. The van der Waals surface area contributed by atoms with Gasteiger partial charge in [0.25, 0.3) is 0 Å². The van der Waals surface area contributed by atoms with Crippen LogP contribution in [0.5, 0.6) is 5.75 Å². The first kappa shape index (κ1) is 22.4. The van der Waals surface area contributed by atoms with Gasteiger partial charge in [0.15, 0.2) is 0 Å². The number of carbonyl (C=O) groups excluding carboxylic acids is 1. The zero-order valence-corrected chi connectivity index (χ0v) is 17.3. The second-order valence-corrected chi connectivity index (χ2v) is 8.25. The molecule has 1 aliphatic heterocycles. The zero-order chi connectivity index (χ0) is 20.8. The van der Waals surface area contributed by atoms with E-state index in [4.69, 9.17) is 19.2 Å². The number of benzene rings is 1. The highest BCUT2D eigenvalue weighted by Gasteiger charge is 2.51. The minimum Gasteiger partial charge on any atom is -0.494 e. The maximum absolute atomic E-state index is 11.5. The molecule has 0 unspecified atom stereocenters. The molecule has 0 amide bonds. The molecule has 1 N–H and O–H groups in total. The topological polar surface area (TPSA) is 82.1 Å². The minimum absolute atomic E-state index is 0.0154. The summed E-state index contributed by atoms with van der Waals surface area (Å²) in [5.41, 5.74) is 0.245. The Morgan fingerprint density at radius 2 is 1.54 bits per heavy atom. The molecule has 0 atom stereocenters. The van der Waals surface area contributed by atoms with Crippen molar-refractivity contribution in [1.82, 2.24) is 0 Å². The quantitative estimate of drug-likeness (QED) is 0.461. The van der Waals surface area contributed by atoms with Gasteiger partial charge in [0.1, 0.15) is 11.5 Å². The minimum atomic E-state index is -0.925. The lowest BCUT2D eigenvalue weighted by Gasteiger charge is -2.32. The van der Waals surface area contributed by atoms with Crippen molar-refractivity contribution in [1.29, 1.82) is 0 Å². The van der Waals surface area contributed by atoms with Crippen molar-refractivity contribution in [2.45, 2.75) is 77.4 Å². The number of Topliss-reactive ketones (excluding diaryl/α,β-unsaturated/α-hetero) is 1. The lowest BCUT2D eigenvalue weighted by atomic mass is 9.79. The summed E-state index contributed by atoms with van der Waals surface area (Å²) in [6.45, 7) is 8.71. The van der Waals surface area contributed by atoms with Crippen LogP contribution in [-0.4, -0.2) is 41.8 Å². The fourth-order valence-corrected chi connectivity index (χ4v) is 2.86. The lowest BCUT2D eigenvalue weighted by molar-refractivity contribution is -0.138. The van der Waals surface area contributed by atoms with Crippen LogP contribution in [0.25, 0.3) is 0 Å². The van der Waals surface area contributed by atoms with Gasteiger partial charge in [0.2, 0.25) is 0 Å². The zero-order valence-electron chi connectivity index (χ0n) is 17.3. The molecular formula is C21H31BO6. The van der Waals surface area contributed by atoms with Gasteiger partial charge < -0.3 is 19.2 Å². The fourth-order valence-electron chi connectivity index (χ4n) is 2.86. The molecule has 1 heterocycles. The Kier molecular flexibility index (Phi) is 7.66. The summed E-state index contributed by atoms with van der Waals surface area (Å²) in [5.74, 6) is -0.120. The van der Waals surface area contributed by atoms with Gasteiger partial charge in [-0.15, -0.1) is 0 Å². The Balaban J connectivity index is 1.66. The van der Waals surface area contributed by atoms with Crippen molar-refractivity contribution < 1.29 is 28.7 Å². The SMILES string of the molecule is CC1(C)OB(c2ccc(OCCCCCC(=O)CCC(=O)O)cc2)OC1(C)C. The van der Waals surface area contributed by atoms with E-state index in [1.54, 1.807) is 0 Å². The first-order valence-electron chi connectivity index (χ1n) is 9.93. The monoisotopic (exact) mass is 390 g/mol. The molecule has 0 bridgehead atoms. The number of hydrogen-bond acceptors (Lipinski definition) is 5. The Morgan fingerprint density at radius 3 is 2.11 bits per heavy atom.